The lowest BCUT2D eigenvalue weighted by Crippen LogP contribution is -2.34. The molecule has 2 aliphatic rings. The van der Waals surface area contributed by atoms with Crippen LogP contribution in [-0.2, 0) is 16.1 Å². The Labute approximate surface area is 206 Å². The maximum Gasteiger partial charge on any atom is 0.338 e. The summed E-state index contributed by atoms with van der Waals surface area (Å²) in [4.78, 5) is 19.4. The Morgan fingerprint density at radius 1 is 1.25 bits per heavy atom. The van der Waals surface area contributed by atoms with Gasteiger partial charge in [-0.05, 0) is 86.5 Å². The van der Waals surface area contributed by atoms with Crippen LogP contribution < -0.4 is 4.74 Å². The van der Waals surface area contributed by atoms with Crippen LogP contribution in [0.3, 0.4) is 0 Å². The third kappa shape index (κ3) is 4.65. The molecular formula is C23H19Br2FN2O3S. The van der Waals surface area contributed by atoms with Gasteiger partial charge in [0.15, 0.2) is 5.17 Å². The van der Waals surface area contributed by atoms with Crippen LogP contribution in [0.25, 0.3) is 0 Å². The van der Waals surface area contributed by atoms with E-state index in [0.717, 1.165) is 16.3 Å². The highest BCUT2D eigenvalue weighted by Gasteiger charge is 2.38. The molecule has 0 unspecified atom stereocenters. The van der Waals surface area contributed by atoms with E-state index in [-0.39, 0.29) is 25.0 Å². The number of hydrogen-bond donors (Lipinski definition) is 0. The van der Waals surface area contributed by atoms with Crippen LogP contribution in [0.15, 0.2) is 73.2 Å². The Balaban J connectivity index is 1.68. The lowest BCUT2D eigenvalue weighted by Gasteiger charge is -2.33. The summed E-state index contributed by atoms with van der Waals surface area (Å²) in [7, 11) is 0. The van der Waals surface area contributed by atoms with Crippen molar-refractivity contribution in [1.82, 2.24) is 4.90 Å². The van der Waals surface area contributed by atoms with Gasteiger partial charge in [-0.15, -0.1) is 0 Å². The Hall–Kier alpha value is -2.10. The first-order valence-corrected chi connectivity index (χ1v) is 12.3. The van der Waals surface area contributed by atoms with Crippen molar-refractivity contribution in [2.24, 2.45) is 4.99 Å². The molecule has 4 rings (SSSR count). The number of hydrogen-bond acceptors (Lipinski definition) is 6. The minimum absolute atomic E-state index is 0.215. The monoisotopic (exact) mass is 580 g/mol. The van der Waals surface area contributed by atoms with Crippen LogP contribution in [0.4, 0.5) is 4.39 Å². The van der Waals surface area contributed by atoms with Gasteiger partial charge in [-0.1, -0.05) is 23.9 Å². The largest absolute Gasteiger partial charge is 0.487 e. The number of esters is 1. The predicted molar refractivity (Wildman–Crippen MR) is 131 cm³/mol. The molecule has 0 aliphatic carbocycles. The lowest BCUT2D eigenvalue weighted by molar-refractivity contribution is -0.139. The van der Waals surface area contributed by atoms with Gasteiger partial charge in [0.1, 0.15) is 18.2 Å². The summed E-state index contributed by atoms with van der Waals surface area (Å²) in [6, 6.07) is 9.74. The van der Waals surface area contributed by atoms with E-state index in [0.29, 0.717) is 26.0 Å². The van der Waals surface area contributed by atoms with E-state index in [9.17, 15) is 9.18 Å². The van der Waals surface area contributed by atoms with Gasteiger partial charge in [-0.25, -0.2) is 14.2 Å². The molecule has 0 radical (unpaired) electrons. The minimum atomic E-state index is -0.391. The molecule has 0 saturated carbocycles. The van der Waals surface area contributed by atoms with E-state index in [1.54, 1.807) is 19.1 Å². The number of rotatable bonds is 6. The van der Waals surface area contributed by atoms with Crippen molar-refractivity contribution in [3.63, 3.8) is 0 Å². The number of halogens is 3. The van der Waals surface area contributed by atoms with Gasteiger partial charge < -0.3 is 14.4 Å². The van der Waals surface area contributed by atoms with Crippen molar-refractivity contribution in [2.75, 3.05) is 6.61 Å². The quantitative estimate of drug-likeness (QED) is 0.355. The van der Waals surface area contributed by atoms with Crippen LogP contribution in [0.2, 0.25) is 0 Å². The number of benzene rings is 2. The average Bonchev–Trinajstić information content (AvgIpc) is 3.20. The molecule has 32 heavy (non-hydrogen) atoms. The molecule has 0 fully saturated rings. The summed E-state index contributed by atoms with van der Waals surface area (Å²) in [6.07, 6.45) is 1.91. The summed E-state index contributed by atoms with van der Waals surface area (Å²) < 4.78 is 26.2. The predicted octanol–water partition coefficient (Wildman–Crippen LogP) is 6.70. The standard InChI is InChI=1S/C23H19Br2FN2O3S/c1-3-30-22(29)19-13(2)27-23-28(7-8-32-23)20(19)15-10-17(24)21(18(25)11-15)31-12-14-5-4-6-16(26)9-14/h4-11,20H,3,12H2,1-2H3/t20-/m1/s1. The molecular weight excluding hydrogens is 563 g/mol. The number of thioether (sulfide) groups is 1. The van der Waals surface area contributed by atoms with E-state index >= 15 is 0 Å². The van der Waals surface area contributed by atoms with E-state index in [1.165, 1.54) is 23.9 Å². The fourth-order valence-corrected chi connectivity index (χ4v) is 5.80. The van der Waals surface area contributed by atoms with Gasteiger partial charge in [0, 0.05) is 6.20 Å². The Morgan fingerprint density at radius 3 is 2.69 bits per heavy atom. The normalized spacial score (nSPS) is 17.3. The molecule has 0 aromatic heterocycles. The molecule has 2 heterocycles. The summed E-state index contributed by atoms with van der Waals surface area (Å²) in [5.41, 5.74) is 2.72. The molecule has 0 amide bonds. The number of fused-ring (bicyclic) bond motifs is 1. The first-order chi connectivity index (χ1) is 15.4. The molecule has 9 heteroatoms. The second-order valence-corrected chi connectivity index (χ2v) is 9.64. The van der Waals surface area contributed by atoms with Crippen molar-refractivity contribution in [2.45, 2.75) is 26.5 Å². The van der Waals surface area contributed by atoms with Crippen LogP contribution in [0.5, 0.6) is 5.75 Å². The molecule has 5 nitrogen and oxygen atoms in total. The SMILES string of the molecule is CCOC(=O)C1=C(C)N=C2SC=CN2[C@@H]1c1cc(Br)c(OCc2cccc(F)c2)c(Br)c1. The van der Waals surface area contributed by atoms with Crippen LogP contribution in [0.1, 0.15) is 31.0 Å². The number of carbonyl (C=O) groups is 1. The molecule has 0 spiro atoms. The topological polar surface area (TPSA) is 51.1 Å². The summed E-state index contributed by atoms with van der Waals surface area (Å²) in [5.74, 6) is -0.103. The third-order valence-electron chi connectivity index (χ3n) is 4.92. The number of nitrogens with zero attached hydrogens (tertiary/aromatic N) is 2. The Morgan fingerprint density at radius 2 is 2.00 bits per heavy atom. The second kappa shape index (κ2) is 9.80. The van der Waals surface area contributed by atoms with Crippen molar-refractivity contribution >= 4 is 54.8 Å². The number of carbonyl (C=O) groups excluding carboxylic acids is 1. The highest BCUT2D eigenvalue weighted by atomic mass is 79.9. The maximum absolute atomic E-state index is 13.5. The van der Waals surface area contributed by atoms with Crippen molar-refractivity contribution in [3.05, 3.63) is 85.2 Å². The van der Waals surface area contributed by atoms with Gasteiger partial charge >= 0.3 is 5.97 Å². The Kier molecular flexibility index (Phi) is 7.07. The number of ether oxygens (including phenoxy) is 2. The average molecular weight is 582 g/mol. The third-order valence-corrected chi connectivity index (χ3v) is 6.87. The van der Waals surface area contributed by atoms with Crippen LogP contribution >= 0.6 is 43.6 Å². The molecule has 2 aromatic rings. The van der Waals surface area contributed by atoms with Crippen molar-refractivity contribution in [1.29, 1.82) is 0 Å². The summed E-state index contributed by atoms with van der Waals surface area (Å²) in [5, 5.41) is 2.74. The molecule has 0 bridgehead atoms. The van der Waals surface area contributed by atoms with Gasteiger partial charge in [0.25, 0.3) is 0 Å². The molecule has 166 valence electrons. The fraction of sp³-hybridized carbons (Fsp3) is 0.217. The first-order valence-electron chi connectivity index (χ1n) is 9.83. The van der Waals surface area contributed by atoms with E-state index < -0.39 is 6.04 Å². The van der Waals surface area contributed by atoms with E-state index in [4.69, 9.17) is 9.47 Å². The molecule has 0 saturated heterocycles. The zero-order valence-electron chi connectivity index (χ0n) is 17.3. The van der Waals surface area contributed by atoms with Gasteiger partial charge in [0.2, 0.25) is 0 Å². The number of aliphatic imine (C=N–C) groups is 1. The van der Waals surface area contributed by atoms with Crippen molar-refractivity contribution in [3.8, 4) is 5.75 Å². The zero-order chi connectivity index (χ0) is 22.8. The van der Waals surface area contributed by atoms with E-state index in [1.807, 2.05) is 35.6 Å². The second-order valence-electron chi connectivity index (χ2n) is 7.06. The highest BCUT2D eigenvalue weighted by Crippen LogP contribution is 2.44. The van der Waals surface area contributed by atoms with Gasteiger partial charge in [-0.2, -0.15) is 0 Å². The smallest absolute Gasteiger partial charge is 0.338 e. The van der Waals surface area contributed by atoms with Crippen LogP contribution in [-0.4, -0.2) is 22.6 Å². The molecule has 2 aromatic carbocycles. The fourth-order valence-electron chi connectivity index (χ4n) is 3.56. The van der Waals surface area contributed by atoms with Gasteiger partial charge in [0.05, 0.1) is 32.9 Å². The minimum Gasteiger partial charge on any atom is -0.487 e. The number of allylic oxidation sites excluding steroid dienone is 1. The zero-order valence-corrected chi connectivity index (χ0v) is 21.3. The molecule has 1 atom stereocenters. The van der Waals surface area contributed by atoms with Crippen molar-refractivity contribution < 1.29 is 18.7 Å². The summed E-state index contributed by atoms with van der Waals surface area (Å²) in [6.45, 7) is 4.10. The summed E-state index contributed by atoms with van der Waals surface area (Å²) >= 11 is 8.69. The van der Waals surface area contributed by atoms with E-state index in [2.05, 4.69) is 36.9 Å². The molecule has 2 aliphatic heterocycles. The molecule has 0 N–H and O–H groups in total. The number of amidine groups is 1. The Bertz CT molecular complexity index is 1140. The maximum atomic E-state index is 13.5. The van der Waals surface area contributed by atoms with Crippen LogP contribution in [0, 0.1) is 5.82 Å². The van der Waals surface area contributed by atoms with Gasteiger partial charge in [-0.3, -0.25) is 0 Å². The first kappa shape index (κ1) is 23.1. The lowest BCUT2D eigenvalue weighted by atomic mass is 9.95. The highest BCUT2D eigenvalue weighted by molar-refractivity contribution is 9.11.